The number of methoxy groups -OCH3 is 2. The minimum atomic E-state index is 0.0561. The molecule has 1 aliphatic rings. The lowest BCUT2D eigenvalue weighted by molar-refractivity contribution is 0.0994. The van der Waals surface area contributed by atoms with Gasteiger partial charge in [0, 0.05) is 28.9 Å². The molecule has 0 bridgehead atoms. The number of carbonyl (C=O) groups excluding carboxylic acids is 1. The Hall–Kier alpha value is -0.810. The maximum Gasteiger partial charge on any atom is 0.176 e. The Morgan fingerprint density at radius 2 is 1.83 bits per heavy atom. The SMILES string of the molecule is COc1cc(OC)cc(C(=O)C2CSCCS2)c1. The fourth-order valence-electron chi connectivity index (χ4n) is 1.77. The molecule has 0 aliphatic carbocycles. The topological polar surface area (TPSA) is 35.5 Å². The first-order valence-electron chi connectivity index (χ1n) is 5.71. The van der Waals surface area contributed by atoms with Crippen LogP contribution in [0.2, 0.25) is 0 Å². The summed E-state index contributed by atoms with van der Waals surface area (Å²) in [4.78, 5) is 12.4. The lowest BCUT2D eigenvalue weighted by Gasteiger charge is -2.20. The number of hydrogen-bond donors (Lipinski definition) is 0. The van der Waals surface area contributed by atoms with Crippen molar-refractivity contribution in [2.24, 2.45) is 0 Å². The zero-order valence-corrected chi connectivity index (χ0v) is 12.1. The highest BCUT2D eigenvalue weighted by Crippen LogP contribution is 2.29. The fraction of sp³-hybridized carbons (Fsp3) is 0.462. The van der Waals surface area contributed by atoms with E-state index in [9.17, 15) is 4.79 Å². The maximum atomic E-state index is 12.4. The van der Waals surface area contributed by atoms with E-state index < -0.39 is 0 Å². The Labute approximate surface area is 116 Å². The molecule has 1 heterocycles. The molecule has 1 saturated heterocycles. The number of thioether (sulfide) groups is 2. The van der Waals surface area contributed by atoms with Crippen molar-refractivity contribution in [3.8, 4) is 11.5 Å². The van der Waals surface area contributed by atoms with Crippen LogP contribution < -0.4 is 9.47 Å². The van der Waals surface area contributed by atoms with Gasteiger partial charge >= 0.3 is 0 Å². The van der Waals surface area contributed by atoms with Crippen LogP contribution in [-0.4, -0.2) is 42.5 Å². The van der Waals surface area contributed by atoms with Crippen LogP contribution >= 0.6 is 23.5 Å². The number of carbonyl (C=O) groups is 1. The number of Topliss-reactive ketones (excluding diaryl/α,β-unsaturated/α-hetero) is 1. The molecule has 1 aromatic rings. The molecule has 3 nitrogen and oxygen atoms in total. The van der Waals surface area contributed by atoms with Crippen molar-refractivity contribution in [1.82, 2.24) is 0 Å². The van der Waals surface area contributed by atoms with E-state index in [1.165, 1.54) is 0 Å². The van der Waals surface area contributed by atoms with Gasteiger partial charge in [-0.2, -0.15) is 11.8 Å². The molecule has 0 saturated carbocycles. The van der Waals surface area contributed by atoms with Crippen molar-refractivity contribution >= 4 is 29.3 Å². The number of hydrogen-bond acceptors (Lipinski definition) is 5. The Kier molecular flexibility index (Phi) is 4.83. The van der Waals surface area contributed by atoms with E-state index in [2.05, 4.69) is 0 Å². The van der Waals surface area contributed by atoms with Crippen LogP contribution in [0.25, 0.3) is 0 Å². The van der Waals surface area contributed by atoms with Crippen LogP contribution in [0.1, 0.15) is 10.4 Å². The summed E-state index contributed by atoms with van der Waals surface area (Å²) in [5.74, 6) is 4.56. The van der Waals surface area contributed by atoms with Gasteiger partial charge < -0.3 is 9.47 Å². The highest BCUT2D eigenvalue weighted by Gasteiger charge is 2.24. The highest BCUT2D eigenvalue weighted by atomic mass is 32.2. The zero-order chi connectivity index (χ0) is 13.0. The summed E-state index contributed by atoms with van der Waals surface area (Å²) >= 11 is 3.58. The number of rotatable bonds is 4. The number of benzene rings is 1. The molecule has 5 heteroatoms. The van der Waals surface area contributed by atoms with Gasteiger partial charge in [-0.25, -0.2) is 0 Å². The highest BCUT2D eigenvalue weighted by molar-refractivity contribution is 8.07. The summed E-state index contributed by atoms with van der Waals surface area (Å²) in [6, 6.07) is 5.34. The molecule has 0 amide bonds. The van der Waals surface area contributed by atoms with Gasteiger partial charge in [0.2, 0.25) is 0 Å². The van der Waals surface area contributed by atoms with Gasteiger partial charge in [-0.05, 0) is 12.1 Å². The summed E-state index contributed by atoms with van der Waals surface area (Å²) in [5.41, 5.74) is 0.672. The van der Waals surface area contributed by atoms with E-state index >= 15 is 0 Å². The van der Waals surface area contributed by atoms with Crippen LogP contribution in [0.5, 0.6) is 11.5 Å². The molecule has 1 atom stereocenters. The molecule has 0 spiro atoms. The van der Waals surface area contributed by atoms with Crippen LogP contribution in [0.4, 0.5) is 0 Å². The molecule has 1 unspecified atom stereocenters. The van der Waals surface area contributed by atoms with Gasteiger partial charge in [0.25, 0.3) is 0 Å². The van der Waals surface area contributed by atoms with Crippen LogP contribution in [0, 0.1) is 0 Å². The summed E-state index contributed by atoms with van der Waals surface area (Å²) in [6.07, 6.45) is 0. The Morgan fingerprint density at radius 1 is 1.17 bits per heavy atom. The van der Waals surface area contributed by atoms with Crippen molar-refractivity contribution in [2.45, 2.75) is 5.25 Å². The minimum Gasteiger partial charge on any atom is -0.497 e. The van der Waals surface area contributed by atoms with Crippen molar-refractivity contribution in [3.63, 3.8) is 0 Å². The van der Waals surface area contributed by atoms with E-state index in [1.54, 1.807) is 44.2 Å². The van der Waals surface area contributed by atoms with E-state index in [0.29, 0.717) is 17.1 Å². The molecule has 0 aromatic heterocycles. The summed E-state index contributed by atoms with van der Waals surface area (Å²) in [7, 11) is 3.18. The van der Waals surface area contributed by atoms with E-state index in [4.69, 9.17) is 9.47 Å². The van der Waals surface area contributed by atoms with E-state index in [1.807, 2.05) is 11.8 Å². The molecule has 1 aromatic carbocycles. The first kappa shape index (κ1) is 13.6. The summed E-state index contributed by atoms with van der Waals surface area (Å²) in [6.45, 7) is 0. The fourth-order valence-corrected chi connectivity index (χ4v) is 4.41. The summed E-state index contributed by atoms with van der Waals surface area (Å²) < 4.78 is 10.4. The predicted molar refractivity (Wildman–Crippen MR) is 77.4 cm³/mol. The van der Waals surface area contributed by atoms with Crippen molar-refractivity contribution in [2.75, 3.05) is 31.5 Å². The average molecular weight is 284 g/mol. The normalized spacial score (nSPS) is 19.3. The van der Waals surface area contributed by atoms with Crippen LogP contribution in [0.3, 0.4) is 0 Å². The lowest BCUT2D eigenvalue weighted by atomic mass is 10.1. The maximum absolute atomic E-state index is 12.4. The molecule has 2 rings (SSSR count). The quantitative estimate of drug-likeness (QED) is 0.794. The molecule has 98 valence electrons. The molecule has 1 fully saturated rings. The molecule has 1 aliphatic heterocycles. The van der Waals surface area contributed by atoms with E-state index in [-0.39, 0.29) is 11.0 Å². The standard InChI is InChI=1S/C13H16O3S2/c1-15-10-5-9(6-11(7-10)16-2)13(14)12-8-17-3-4-18-12/h5-7,12H,3-4,8H2,1-2H3. The monoisotopic (exact) mass is 284 g/mol. The van der Waals surface area contributed by atoms with Crippen LogP contribution in [-0.2, 0) is 0 Å². The minimum absolute atomic E-state index is 0.0561. The van der Waals surface area contributed by atoms with Gasteiger partial charge in [-0.3, -0.25) is 4.79 Å². The molecule has 18 heavy (non-hydrogen) atoms. The van der Waals surface area contributed by atoms with Gasteiger partial charge in [0.15, 0.2) is 5.78 Å². The molecular weight excluding hydrogens is 268 g/mol. The van der Waals surface area contributed by atoms with Gasteiger partial charge in [0.1, 0.15) is 11.5 Å². The summed E-state index contributed by atoms with van der Waals surface area (Å²) in [5, 5.41) is 0.0561. The van der Waals surface area contributed by atoms with Crippen molar-refractivity contribution < 1.29 is 14.3 Å². The predicted octanol–water partition coefficient (Wildman–Crippen LogP) is 2.74. The molecule has 0 radical (unpaired) electrons. The third kappa shape index (κ3) is 3.14. The largest absolute Gasteiger partial charge is 0.497 e. The Morgan fingerprint density at radius 3 is 2.33 bits per heavy atom. The van der Waals surface area contributed by atoms with Crippen molar-refractivity contribution in [3.05, 3.63) is 23.8 Å². The number of ketones is 1. The van der Waals surface area contributed by atoms with Crippen LogP contribution in [0.15, 0.2) is 18.2 Å². The average Bonchev–Trinajstić information content (AvgIpc) is 2.46. The van der Waals surface area contributed by atoms with Gasteiger partial charge in [-0.1, -0.05) is 0 Å². The zero-order valence-electron chi connectivity index (χ0n) is 10.5. The van der Waals surface area contributed by atoms with Gasteiger partial charge in [0.05, 0.1) is 19.5 Å². The Bertz CT molecular complexity index is 406. The second-order valence-corrected chi connectivity index (χ2v) is 6.36. The first-order chi connectivity index (χ1) is 8.74. The van der Waals surface area contributed by atoms with Crippen molar-refractivity contribution in [1.29, 1.82) is 0 Å². The van der Waals surface area contributed by atoms with Gasteiger partial charge in [-0.15, -0.1) is 11.8 Å². The smallest absolute Gasteiger partial charge is 0.176 e. The molecular formula is C13H16O3S2. The lowest BCUT2D eigenvalue weighted by Crippen LogP contribution is -2.24. The molecule has 0 N–H and O–H groups in total. The first-order valence-corrected chi connectivity index (χ1v) is 7.91. The second-order valence-electron chi connectivity index (χ2n) is 3.90. The number of ether oxygens (including phenoxy) is 2. The third-order valence-electron chi connectivity index (χ3n) is 2.74. The van der Waals surface area contributed by atoms with E-state index in [0.717, 1.165) is 17.3 Å². The Balaban J connectivity index is 2.22. The third-order valence-corrected chi connectivity index (χ3v) is 5.50. The second kappa shape index (κ2) is 6.38.